The zero-order chi connectivity index (χ0) is 10.2. The molecule has 0 saturated carbocycles. The lowest BCUT2D eigenvalue weighted by atomic mass is 10.2. The molecule has 0 aromatic heterocycles. The average Bonchev–Trinajstić information content (AvgIpc) is 2.71. The summed E-state index contributed by atoms with van der Waals surface area (Å²) in [5, 5.41) is 4.46. The Balaban J connectivity index is 1.92. The van der Waals surface area contributed by atoms with Crippen LogP contribution >= 0.6 is 11.8 Å². The van der Waals surface area contributed by atoms with Crippen molar-refractivity contribution < 1.29 is 0 Å². The summed E-state index contributed by atoms with van der Waals surface area (Å²) in [6, 6.07) is 0. The van der Waals surface area contributed by atoms with Crippen molar-refractivity contribution in [3.05, 3.63) is 0 Å². The summed E-state index contributed by atoms with van der Waals surface area (Å²) in [6.07, 6.45) is 2.84. The number of rotatable bonds is 7. The summed E-state index contributed by atoms with van der Waals surface area (Å²) in [5.74, 6) is 1.38. The zero-order valence-corrected chi connectivity index (χ0v) is 10.4. The molecular formula is C11H24N2S. The third-order valence-electron chi connectivity index (χ3n) is 2.90. The van der Waals surface area contributed by atoms with E-state index in [1.165, 1.54) is 44.8 Å². The van der Waals surface area contributed by atoms with Crippen molar-refractivity contribution in [2.75, 3.05) is 38.5 Å². The lowest BCUT2D eigenvalue weighted by molar-refractivity contribution is 0.302. The molecule has 0 radical (unpaired) electrons. The summed E-state index contributed by atoms with van der Waals surface area (Å²) in [6.45, 7) is 10.4. The van der Waals surface area contributed by atoms with E-state index in [1.54, 1.807) is 0 Å². The first-order valence-electron chi connectivity index (χ1n) is 5.91. The normalized spacial score (nSPS) is 22.1. The van der Waals surface area contributed by atoms with Gasteiger partial charge < -0.3 is 10.2 Å². The van der Waals surface area contributed by atoms with Crippen molar-refractivity contribution in [3.8, 4) is 0 Å². The van der Waals surface area contributed by atoms with E-state index >= 15 is 0 Å². The van der Waals surface area contributed by atoms with Crippen LogP contribution in [0.1, 0.15) is 26.7 Å². The van der Waals surface area contributed by atoms with Crippen molar-refractivity contribution in [2.24, 2.45) is 0 Å². The quantitative estimate of drug-likeness (QED) is 0.654. The Morgan fingerprint density at radius 1 is 1.36 bits per heavy atom. The predicted molar refractivity (Wildman–Crippen MR) is 66.1 cm³/mol. The fourth-order valence-electron chi connectivity index (χ4n) is 1.85. The van der Waals surface area contributed by atoms with Crippen molar-refractivity contribution in [1.82, 2.24) is 10.2 Å². The maximum Gasteiger partial charge on any atom is 0.0172 e. The van der Waals surface area contributed by atoms with Crippen LogP contribution in [0.25, 0.3) is 0 Å². The van der Waals surface area contributed by atoms with E-state index in [2.05, 4.69) is 35.8 Å². The van der Waals surface area contributed by atoms with E-state index in [0.29, 0.717) is 0 Å². The summed E-state index contributed by atoms with van der Waals surface area (Å²) < 4.78 is 0. The van der Waals surface area contributed by atoms with E-state index in [1.807, 2.05) is 0 Å². The van der Waals surface area contributed by atoms with Gasteiger partial charge in [-0.05, 0) is 31.7 Å². The fourth-order valence-corrected chi connectivity index (χ4v) is 3.08. The maximum absolute atomic E-state index is 3.56. The molecule has 2 nitrogen and oxygen atoms in total. The van der Waals surface area contributed by atoms with Crippen molar-refractivity contribution in [3.63, 3.8) is 0 Å². The van der Waals surface area contributed by atoms with E-state index in [9.17, 15) is 0 Å². The van der Waals surface area contributed by atoms with Crippen LogP contribution in [0.15, 0.2) is 0 Å². The minimum atomic E-state index is 0.895. The first-order valence-corrected chi connectivity index (χ1v) is 6.96. The molecule has 1 unspecified atom stereocenters. The highest BCUT2D eigenvalue weighted by Gasteiger charge is 2.14. The van der Waals surface area contributed by atoms with Gasteiger partial charge in [-0.2, -0.15) is 11.8 Å². The SMILES string of the molecule is CCN(CC)CCNCC1CCCS1. The number of hydrogen-bond donors (Lipinski definition) is 1. The Kier molecular flexibility index (Phi) is 6.65. The second kappa shape index (κ2) is 7.55. The van der Waals surface area contributed by atoms with Crippen LogP contribution in [-0.4, -0.2) is 48.6 Å². The number of hydrogen-bond acceptors (Lipinski definition) is 3. The van der Waals surface area contributed by atoms with Gasteiger partial charge in [0, 0.05) is 24.9 Å². The third-order valence-corrected chi connectivity index (χ3v) is 4.29. The molecule has 0 aliphatic carbocycles. The van der Waals surface area contributed by atoms with Gasteiger partial charge in [-0.3, -0.25) is 0 Å². The Hall–Kier alpha value is 0.270. The van der Waals surface area contributed by atoms with Crippen LogP contribution in [0.3, 0.4) is 0 Å². The lowest BCUT2D eigenvalue weighted by Crippen LogP contribution is -2.34. The molecule has 1 fully saturated rings. The molecule has 0 spiro atoms. The molecular weight excluding hydrogens is 192 g/mol. The standard InChI is InChI=1S/C11H24N2S/c1-3-13(4-2)8-7-12-10-11-6-5-9-14-11/h11-12H,3-10H2,1-2H3. The highest BCUT2D eigenvalue weighted by Crippen LogP contribution is 2.24. The van der Waals surface area contributed by atoms with Gasteiger partial charge in [0.1, 0.15) is 0 Å². The molecule has 3 heteroatoms. The number of nitrogens with zero attached hydrogens (tertiary/aromatic N) is 1. The van der Waals surface area contributed by atoms with Gasteiger partial charge >= 0.3 is 0 Å². The van der Waals surface area contributed by atoms with E-state index in [-0.39, 0.29) is 0 Å². The molecule has 14 heavy (non-hydrogen) atoms. The second-order valence-corrected chi connectivity index (χ2v) is 5.27. The topological polar surface area (TPSA) is 15.3 Å². The highest BCUT2D eigenvalue weighted by atomic mass is 32.2. The van der Waals surface area contributed by atoms with E-state index in [0.717, 1.165) is 11.8 Å². The van der Waals surface area contributed by atoms with Gasteiger partial charge in [0.05, 0.1) is 0 Å². The molecule has 1 N–H and O–H groups in total. The molecule has 1 heterocycles. The molecule has 84 valence electrons. The smallest absolute Gasteiger partial charge is 0.0172 e. The number of nitrogens with one attached hydrogen (secondary N) is 1. The predicted octanol–water partition coefficient (Wildman–Crippen LogP) is 1.81. The van der Waals surface area contributed by atoms with Gasteiger partial charge in [-0.25, -0.2) is 0 Å². The third kappa shape index (κ3) is 4.67. The Bertz CT molecular complexity index is 127. The van der Waals surface area contributed by atoms with Gasteiger partial charge in [0.15, 0.2) is 0 Å². The van der Waals surface area contributed by atoms with Gasteiger partial charge in [0.2, 0.25) is 0 Å². The van der Waals surface area contributed by atoms with Crippen LogP contribution in [0.5, 0.6) is 0 Å². The number of thioether (sulfide) groups is 1. The van der Waals surface area contributed by atoms with Crippen LogP contribution < -0.4 is 5.32 Å². The first kappa shape index (κ1) is 12.3. The molecule has 0 aromatic rings. The van der Waals surface area contributed by atoms with Crippen molar-refractivity contribution in [1.29, 1.82) is 0 Å². The average molecular weight is 216 g/mol. The first-order chi connectivity index (χ1) is 6.86. The molecule has 1 rings (SSSR count). The Morgan fingerprint density at radius 2 is 2.14 bits per heavy atom. The molecule has 1 atom stereocenters. The minimum Gasteiger partial charge on any atom is -0.314 e. The van der Waals surface area contributed by atoms with Gasteiger partial charge in [0.25, 0.3) is 0 Å². The van der Waals surface area contributed by atoms with Gasteiger partial charge in [-0.1, -0.05) is 13.8 Å². The van der Waals surface area contributed by atoms with Crippen molar-refractivity contribution in [2.45, 2.75) is 31.9 Å². The summed E-state index contributed by atoms with van der Waals surface area (Å²) in [5.41, 5.74) is 0. The van der Waals surface area contributed by atoms with E-state index in [4.69, 9.17) is 0 Å². The van der Waals surface area contributed by atoms with Crippen LogP contribution in [0.2, 0.25) is 0 Å². The molecule has 1 saturated heterocycles. The maximum atomic E-state index is 3.56. The van der Waals surface area contributed by atoms with Gasteiger partial charge in [-0.15, -0.1) is 0 Å². The molecule has 0 bridgehead atoms. The number of likely N-dealkylation sites (N-methyl/N-ethyl adjacent to an activating group) is 1. The second-order valence-electron chi connectivity index (χ2n) is 3.87. The summed E-state index contributed by atoms with van der Waals surface area (Å²) in [7, 11) is 0. The minimum absolute atomic E-state index is 0.895. The summed E-state index contributed by atoms with van der Waals surface area (Å²) >= 11 is 2.14. The molecule has 0 amide bonds. The molecule has 1 aliphatic heterocycles. The Morgan fingerprint density at radius 3 is 2.71 bits per heavy atom. The molecule has 0 aromatic carbocycles. The van der Waals surface area contributed by atoms with Crippen LogP contribution in [0, 0.1) is 0 Å². The lowest BCUT2D eigenvalue weighted by Gasteiger charge is -2.18. The van der Waals surface area contributed by atoms with Crippen LogP contribution in [-0.2, 0) is 0 Å². The van der Waals surface area contributed by atoms with Crippen LogP contribution in [0.4, 0.5) is 0 Å². The van der Waals surface area contributed by atoms with E-state index < -0.39 is 0 Å². The fraction of sp³-hybridized carbons (Fsp3) is 1.00. The largest absolute Gasteiger partial charge is 0.314 e. The zero-order valence-electron chi connectivity index (χ0n) is 9.59. The monoisotopic (exact) mass is 216 g/mol. The Labute approximate surface area is 92.8 Å². The van der Waals surface area contributed by atoms with Crippen molar-refractivity contribution >= 4 is 11.8 Å². The molecule has 1 aliphatic rings. The summed E-state index contributed by atoms with van der Waals surface area (Å²) in [4.78, 5) is 2.47. The highest BCUT2D eigenvalue weighted by molar-refractivity contribution is 8.00.